The molecule has 0 bridgehead atoms. The zero-order valence-electron chi connectivity index (χ0n) is 25.6. The number of nitrogens with two attached hydrogens (primary N) is 2. The highest BCUT2D eigenvalue weighted by atomic mass is 32.1. The van der Waals surface area contributed by atoms with Crippen LogP contribution in [0.3, 0.4) is 0 Å². The summed E-state index contributed by atoms with van der Waals surface area (Å²) in [7, 11) is 0. The van der Waals surface area contributed by atoms with Gasteiger partial charge >= 0.3 is 11.7 Å². The summed E-state index contributed by atoms with van der Waals surface area (Å²) in [5.74, 6) is 2.26. The highest BCUT2D eigenvalue weighted by molar-refractivity contribution is 7.16. The number of rotatable bonds is 7. The largest absolute Gasteiger partial charge is 0.563 e. The van der Waals surface area contributed by atoms with E-state index in [1.54, 1.807) is 11.3 Å². The van der Waals surface area contributed by atoms with Gasteiger partial charge in [0, 0.05) is 80.5 Å². The normalized spacial score (nSPS) is 23.3. The number of piperazine rings is 2. The van der Waals surface area contributed by atoms with Gasteiger partial charge in [-0.05, 0) is 75.1 Å². The second kappa shape index (κ2) is 11.9. The molecule has 43 heavy (non-hydrogen) atoms. The van der Waals surface area contributed by atoms with E-state index in [9.17, 15) is 4.79 Å². The number of hydrogen-bond acceptors (Lipinski definition) is 7. The number of nitrogens with zero attached hydrogens (tertiary/aromatic N) is 6. The number of carbonyl (C=O) groups excluding carboxylic acids is 1. The molecule has 4 heterocycles. The van der Waals surface area contributed by atoms with Crippen molar-refractivity contribution in [2.24, 2.45) is 10.9 Å². The predicted molar refractivity (Wildman–Crippen MR) is 175 cm³/mol. The van der Waals surface area contributed by atoms with Crippen molar-refractivity contribution in [1.82, 2.24) is 14.8 Å². The third kappa shape index (κ3) is 6.02. The molecule has 1 unspecified atom stereocenters. The fraction of sp³-hybridized carbons (Fsp3) is 0.562. The molecule has 6 N–H and O–H groups in total. The van der Waals surface area contributed by atoms with E-state index in [1.807, 2.05) is 11.0 Å². The molecule has 2 aromatic heterocycles. The van der Waals surface area contributed by atoms with Crippen molar-refractivity contribution < 1.29 is 15.3 Å². The van der Waals surface area contributed by atoms with Crippen molar-refractivity contribution in [2.75, 3.05) is 74.4 Å². The Balaban J connectivity index is 1.28. The molecule has 2 aliphatic carbocycles. The lowest BCUT2D eigenvalue weighted by molar-refractivity contribution is -0.126. The molecule has 1 atom stereocenters. The van der Waals surface area contributed by atoms with Crippen LogP contribution in [0.2, 0.25) is 0 Å². The average Bonchev–Trinajstić information content (AvgIpc) is 3.79. The maximum atomic E-state index is 12.2. The highest BCUT2D eigenvalue weighted by Crippen LogP contribution is 2.46. The molecule has 3 fully saturated rings. The fourth-order valence-corrected chi connectivity index (χ4v) is 8.12. The summed E-state index contributed by atoms with van der Waals surface area (Å²) < 4.78 is 0. The van der Waals surface area contributed by atoms with Gasteiger partial charge in [0.2, 0.25) is 5.91 Å². The number of thiophene rings is 1. The quantitative estimate of drug-likeness (QED) is 0.212. The van der Waals surface area contributed by atoms with Crippen molar-refractivity contribution >= 4 is 45.5 Å². The van der Waals surface area contributed by atoms with Crippen LogP contribution >= 0.6 is 11.3 Å². The van der Waals surface area contributed by atoms with Gasteiger partial charge in [-0.3, -0.25) is 15.1 Å². The van der Waals surface area contributed by atoms with Gasteiger partial charge in [0.25, 0.3) is 0 Å². The number of pyridine rings is 1. The van der Waals surface area contributed by atoms with E-state index in [0.29, 0.717) is 31.9 Å². The van der Waals surface area contributed by atoms with Crippen molar-refractivity contribution in [3.8, 4) is 0 Å². The summed E-state index contributed by atoms with van der Waals surface area (Å²) >= 11 is 1.64. The highest BCUT2D eigenvalue weighted by Gasteiger charge is 2.47. The number of aryl methyl sites for hydroxylation is 1. The van der Waals surface area contributed by atoms with E-state index in [1.165, 1.54) is 30.3 Å². The van der Waals surface area contributed by atoms with Crippen molar-refractivity contribution in [2.45, 2.75) is 51.4 Å². The Labute approximate surface area is 258 Å². The van der Waals surface area contributed by atoms with Gasteiger partial charge < -0.3 is 25.5 Å². The molecule has 4 aliphatic rings. The third-order valence-electron chi connectivity index (χ3n) is 9.74. The fourth-order valence-electron chi connectivity index (χ4n) is 6.87. The molecule has 10 nitrogen and oxygen atoms in total. The minimum atomic E-state index is -0.539. The van der Waals surface area contributed by atoms with E-state index in [4.69, 9.17) is 26.2 Å². The molecule has 2 saturated heterocycles. The first kappa shape index (κ1) is 29.6. The predicted octanol–water partition coefficient (Wildman–Crippen LogP) is 1.32. The number of fused-ring (bicyclic) bond motifs is 1. The van der Waals surface area contributed by atoms with Crippen LogP contribution in [-0.2, 0) is 16.6 Å². The van der Waals surface area contributed by atoms with E-state index in [0.717, 1.165) is 79.0 Å². The van der Waals surface area contributed by atoms with Gasteiger partial charge in [0.1, 0.15) is 11.2 Å². The minimum absolute atomic E-state index is 0.0308. The Bertz CT molecular complexity index is 1430. The molecule has 1 amide bonds. The molecule has 1 saturated carbocycles. The number of amides is 1. The molecule has 230 valence electrons. The average molecular weight is 607 g/mol. The number of nitrogen functional groups attached to an aromatic ring is 1. The summed E-state index contributed by atoms with van der Waals surface area (Å²) in [6, 6.07) is 4.14. The van der Waals surface area contributed by atoms with Crippen molar-refractivity contribution in [1.29, 1.82) is 0 Å². The Hall–Kier alpha value is -3.44. The number of aromatic nitrogens is 1. The first-order valence-electron chi connectivity index (χ1n) is 15.6. The van der Waals surface area contributed by atoms with Gasteiger partial charge in [0.15, 0.2) is 5.69 Å². The van der Waals surface area contributed by atoms with Crippen LogP contribution in [0, 0.1) is 12.8 Å². The molecule has 6 rings (SSSR count). The Morgan fingerprint density at radius 2 is 1.88 bits per heavy atom. The maximum absolute atomic E-state index is 12.2. The summed E-state index contributed by atoms with van der Waals surface area (Å²) in [4.78, 5) is 32.2. The van der Waals surface area contributed by atoms with Crippen molar-refractivity contribution in [3.05, 3.63) is 46.5 Å². The van der Waals surface area contributed by atoms with Gasteiger partial charge in [0.05, 0.1) is 5.00 Å². The topological polar surface area (TPSA) is 130 Å². The number of aliphatic imine (C=N–C) groups is 1. The Morgan fingerprint density at radius 3 is 2.56 bits per heavy atom. The molecule has 0 aromatic carbocycles. The van der Waals surface area contributed by atoms with Gasteiger partial charge in [-0.25, -0.2) is 4.98 Å². The zero-order valence-corrected chi connectivity index (χ0v) is 26.4. The lowest BCUT2D eigenvalue weighted by Gasteiger charge is -2.37. The lowest BCUT2D eigenvalue weighted by Crippen LogP contribution is -2.49. The van der Waals surface area contributed by atoms with Crippen LogP contribution in [0.1, 0.15) is 54.3 Å². The number of carbonyl (C=O) groups is 1. The third-order valence-corrected chi connectivity index (χ3v) is 10.9. The molecule has 11 heteroatoms. The van der Waals surface area contributed by atoms with Gasteiger partial charge in [-0.1, -0.05) is 6.58 Å². The number of anilines is 3. The molecular formula is C32H46N8O2S+2. The maximum Gasteiger partial charge on any atom is 0.450 e. The standard InChI is InChI=1S/C32H44N8O2S/c1-4-27(41)40-16-14-38(15-17-40)23-18-24(35-26(19-23)39-12-10-37(11-13-39)20-22-7-8-22)29(33)36-31(42)32(3)9-5-6-25-28(32)21(2)30(34)43-25/h4,18-19,22H,1,5-17,20,34H2,2-3H3,(H2,33,36,42)/p+2. The van der Waals surface area contributed by atoms with Crippen LogP contribution < -0.4 is 20.9 Å². The van der Waals surface area contributed by atoms with E-state index in [-0.39, 0.29) is 17.6 Å². The Kier molecular flexibility index (Phi) is 8.21. The van der Waals surface area contributed by atoms with Crippen LogP contribution in [0.4, 0.5) is 16.5 Å². The smallest absolute Gasteiger partial charge is 0.450 e. The van der Waals surface area contributed by atoms with Crippen LogP contribution in [0.15, 0.2) is 29.8 Å². The lowest BCUT2D eigenvalue weighted by atomic mass is 9.72. The van der Waals surface area contributed by atoms with Crippen LogP contribution in [-0.4, -0.2) is 96.4 Å². The molecule has 2 aromatic rings. The summed E-state index contributed by atoms with van der Waals surface area (Å²) in [5.41, 5.74) is 9.60. The number of amidine groups is 1. The second-order valence-electron chi connectivity index (χ2n) is 12.7. The molecular weight excluding hydrogens is 560 g/mol. The van der Waals surface area contributed by atoms with E-state index in [2.05, 4.69) is 41.2 Å². The monoisotopic (exact) mass is 606 g/mol. The van der Waals surface area contributed by atoms with E-state index >= 15 is 0 Å². The second-order valence-corrected chi connectivity index (χ2v) is 13.9. The summed E-state index contributed by atoms with van der Waals surface area (Å²) in [6.07, 6.45) is 6.94. The molecule has 0 radical (unpaired) electrons. The van der Waals surface area contributed by atoms with Crippen molar-refractivity contribution in [3.63, 3.8) is 0 Å². The SMILES string of the molecule is C=CC(=O)N1CCN(c2cc(C(=[NH2+])N=C([OH2+])C3(C)CCCc4sc(N)c(C)c43)nc(N3CCN(CC4CC4)CC3)c2)CC1. The van der Waals surface area contributed by atoms with E-state index < -0.39 is 5.41 Å². The Morgan fingerprint density at radius 1 is 1.19 bits per heavy atom. The van der Waals surface area contributed by atoms with Crippen LogP contribution in [0.5, 0.6) is 0 Å². The molecule has 2 aliphatic heterocycles. The molecule has 0 spiro atoms. The summed E-state index contributed by atoms with van der Waals surface area (Å²) in [6.45, 7) is 15.6. The minimum Gasteiger partial charge on any atom is -0.563 e. The first-order chi connectivity index (χ1) is 20.7. The summed E-state index contributed by atoms with van der Waals surface area (Å²) in [5, 5.41) is 16.7. The first-order valence-corrected chi connectivity index (χ1v) is 16.5. The number of hydrogen-bond donors (Lipinski definition) is 2. The zero-order chi connectivity index (χ0) is 30.3. The van der Waals surface area contributed by atoms with Crippen LogP contribution in [0.25, 0.3) is 0 Å². The van der Waals surface area contributed by atoms with Gasteiger partial charge in [-0.2, -0.15) is 0 Å². The van der Waals surface area contributed by atoms with Gasteiger partial charge in [-0.15, -0.1) is 11.3 Å².